The number of alkyl carbamates (subject to hydrolysis) is 1. The second-order valence-electron chi connectivity index (χ2n) is 6.10. The van der Waals surface area contributed by atoms with Crippen molar-refractivity contribution in [2.75, 3.05) is 13.1 Å². The van der Waals surface area contributed by atoms with Gasteiger partial charge in [-0.1, -0.05) is 5.92 Å². The summed E-state index contributed by atoms with van der Waals surface area (Å²) in [6.45, 7) is 8.70. The molecule has 1 amide bonds. The fourth-order valence-corrected chi connectivity index (χ4v) is 1.89. The third-order valence-electron chi connectivity index (χ3n) is 3.07. The predicted molar refractivity (Wildman–Crippen MR) is 72.2 cm³/mol. The van der Waals surface area contributed by atoms with Crippen molar-refractivity contribution in [3.05, 3.63) is 0 Å². The second-order valence-corrected chi connectivity index (χ2v) is 6.10. The van der Waals surface area contributed by atoms with Gasteiger partial charge < -0.3 is 10.1 Å². The first-order valence-electron chi connectivity index (χ1n) is 6.42. The van der Waals surface area contributed by atoms with Gasteiger partial charge in [0.05, 0.1) is 6.54 Å². The largest absolute Gasteiger partial charge is 0.444 e. The molecule has 4 heteroatoms. The smallest absolute Gasteiger partial charge is 0.407 e. The Balaban J connectivity index is 2.43. The van der Waals surface area contributed by atoms with Crippen molar-refractivity contribution in [2.24, 2.45) is 5.92 Å². The van der Waals surface area contributed by atoms with Gasteiger partial charge in [-0.05, 0) is 46.5 Å². The number of terminal acetylenes is 1. The van der Waals surface area contributed by atoms with Crippen molar-refractivity contribution in [2.45, 2.75) is 51.7 Å². The molecule has 0 aromatic carbocycles. The van der Waals surface area contributed by atoms with Crippen molar-refractivity contribution in [1.82, 2.24) is 10.6 Å². The highest BCUT2D eigenvalue weighted by Crippen LogP contribution is 2.39. The minimum absolute atomic E-state index is 0.136. The van der Waals surface area contributed by atoms with Gasteiger partial charge in [-0.2, -0.15) is 0 Å². The fourth-order valence-electron chi connectivity index (χ4n) is 1.89. The number of nitrogens with one attached hydrogen (secondary N) is 2. The van der Waals surface area contributed by atoms with E-state index in [4.69, 9.17) is 11.2 Å². The molecule has 1 rings (SSSR count). The molecule has 0 aromatic rings. The van der Waals surface area contributed by atoms with Gasteiger partial charge in [0.25, 0.3) is 0 Å². The van der Waals surface area contributed by atoms with Gasteiger partial charge in [-0.25, -0.2) is 4.79 Å². The molecule has 2 N–H and O–H groups in total. The highest BCUT2D eigenvalue weighted by atomic mass is 16.6. The van der Waals surface area contributed by atoms with E-state index in [2.05, 4.69) is 23.5 Å². The van der Waals surface area contributed by atoms with Crippen molar-refractivity contribution < 1.29 is 9.53 Å². The molecule has 0 aliphatic heterocycles. The number of hydrogen-bond donors (Lipinski definition) is 2. The summed E-state index contributed by atoms with van der Waals surface area (Å²) in [5, 5.41) is 6.14. The maximum absolute atomic E-state index is 11.6. The molecule has 18 heavy (non-hydrogen) atoms. The lowest BCUT2D eigenvalue weighted by atomic mass is 9.95. The van der Waals surface area contributed by atoms with Crippen LogP contribution in [0.15, 0.2) is 0 Å². The molecular formula is C14H24N2O2. The summed E-state index contributed by atoms with van der Waals surface area (Å²) in [5.41, 5.74) is -0.602. The maximum atomic E-state index is 11.6. The highest BCUT2D eigenvalue weighted by Gasteiger charge is 2.41. The zero-order valence-electron chi connectivity index (χ0n) is 11.8. The molecule has 1 aliphatic rings. The van der Waals surface area contributed by atoms with Gasteiger partial charge in [0.15, 0.2) is 0 Å². The minimum Gasteiger partial charge on any atom is -0.444 e. The summed E-state index contributed by atoms with van der Waals surface area (Å²) in [4.78, 5) is 11.6. The minimum atomic E-state index is -0.466. The molecule has 1 atom stereocenters. The normalized spacial score (nSPS) is 18.6. The lowest BCUT2D eigenvalue weighted by molar-refractivity contribution is 0.0508. The van der Waals surface area contributed by atoms with E-state index in [9.17, 15) is 4.79 Å². The van der Waals surface area contributed by atoms with Crippen LogP contribution in [0.25, 0.3) is 0 Å². The lowest BCUT2D eigenvalue weighted by Gasteiger charge is -2.31. The number of carbonyl (C=O) groups excluding carboxylic acids is 1. The Bertz CT molecular complexity index is 337. The van der Waals surface area contributed by atoms with Crippen LogP contribution in [0.3, 0.4) is 0 Å². The zero-order valence-corrected chi connectivity index (χ0v) is 11.8. The van der Waals surface area contributed by atoms with Crippen molar-refractivity contribution in [1.29, 1.82) is 0 Å². The molecule has 4 nitrogen and oxygen atoms in total. The molecule has 1 aliphatic carbocycles. The van der Waals surface area contributed by atoms with E-state index in [1.165, 1.54) is 12.8 Å². The molecule has 0 spiro atoms. The standard InChI is InChI=1S/C14H24N2O2/c1-6-9-16-14(5,11-7-8-11)10-15-12(17)18-13(2,3)4/h1,11,16H,7-10H2,2-5H3,(H,15,17)/t14-/m1/s1. The molecule has 0 bridgehead atoms. The highest BCUT2D eigenvalue weighted by molar-refractivity contribution is 5.67. The molecule has 0 heterocycles. The Morgan fingerprint density at radius 2 is 2.00 bits per heavy atom. The number of hydrogen-bond acceptors (Lipinski definition) is 3. The predicted octanol–water partition coefficient (Wildman–Crippen LogP) is 1.90. The van der Waals surface area contributed by atoms with E-state index in [1.54, 1.807) is 0 Å². The number of carbonyl (C=O) groups is 1. The summed E-state index contributed by atoms with van der Waals surface area (Å²) in [6, 6.07) is 0. The SMILES string of the molecule is C#CCN[C@](C)(CNC(=O)OC(C)(C)C)C1CC1. The third-order valence-corrected chi connectivity index (χ3v) is 3.07. The second kappa shape index (κ2) is 5.62. The Kier molecular flexibility index (Phi) is 4.64. The molecule has 0 radical (unpaired) electrons. The van der Waals surface area contributed by atoms with E-state index in [0.29, 0.717) is 19.0 Å². The van der Waals surface area contributed by atoms with Gasteiger partial charge in [0, 0.05) is 12.1 Å². The Morgan fingerprint density at radius 1 is 1.39 bits per heavy atom. The van der Waals surface area contributed by atoms with Gasteiger partial charge >= 0.3 is 6.09 Å². The van der Waals surface area contributed by atoms with Crippen LogP contribution in [0.1, 0.15) is 40.5 Å². The lowest BCUT2D eigenvalue weighted by Crippen LogP contribution is -2.53. The van der Waals surface area contributed by atoms with Crippen LogP contribution in [-0.4, -0.2) is 30.3 Å². The average molecular weight is 252 g/mol. The van der Waals surface area contributed by atoms with Crippen LogP contribution in [0.5, 0.6) is 0 Å². The molecule has 0 aromatic heterocycles. The van der Waals surface area contributed by atoms with Gasteiger partial charge in [-0.15, -0.1) is 6.42 Å². The third kappa shape index (κ3) is 4.97. The van der Waals surface area contributed by atoms with Crippen LogP contribution < -0.4 is 10.6 Å². The molecular weight excluding hydrogens is 228 g/mol. The molecule has 1 fully saturated rings. The zero-order chi connectivity index (χ0) is 13.8. The Hall–Kier alpha value is -1.21. The van der Waals surface area contributed by atoms with E-state index in [1.807, 2.05) is 20.8 Å². The first kappa shape index (κ1) is 14.8. The Morgan fingerprint density at radius 3 is 2.44 bits per heavy atom. The molecule has 1 saturated carbocycles. The Labute approximate surface area is 110 Å². The molecule has 0 unspecified atom stereocenters. The van der Waals surface area contributed by atoms with Crippen molar-refractivity contribution >= 4 is 6.09 Å². The quantitative estimate of drug-likeness (QED) is 0.735. The molecule has 102 valence electrons. The van der Waals surface area contributed by atoms with E-state index in [0.717, 1.165) is 0 Å². The van der Waals surface area contributed by atoms with Crippen molar-refractivity contribution in [3.63, 3.8) is 0 Å². The van der Waals surface area contributed by atoms with Crippen LogP contribution in [0, 0.1) is 18.3 Å². The first-order valence-corrected chi connectivity index (χ1v) is 6.42. The average Bonchev–Trinajstić information content (AvgIpc) is 3.05. The van der Waals surface area contributed by atoms with Gasteiger partial charge in [0.2, 0.25) is 0 Å². The summed E-state index contributed by atoms with van der Waals surface area (Å²) < 4.78 is 5.22. The van der Waals surface area contributed by atoms with E-state index in [-0.39, 0.29) is 11.6 Å². The summed E-state index contributed by atoms with van der Waals surface area (Å²) >= 11 is 0. The summed E-state index contributed by atoms with van der Waals surface area (Å²) in [6.07, 6.45) is 7.26. The van der Waals surface area contributed by atoms with Crippen LogP contribution in [-0.2, 0) is 4.74 Å². The van der Waals surface area contributed by atoms with Gasteiger partial charge in [-0.3, -0.25) is 5.32 Å². The summed E-state index contributed by atoms with van der Waals surface area (Å²) in [5.74, 6) is 3.16. The summed E-state index contributed by atoms with van der Waals surface area (Å²) in [7, 11) is 0. The fraction of sp³-hybridized carbons (Fsp3) is 0.786. The topological polar surface area (TPSA) is 50.4 Å². The van der Waals surface area contributed by atoms with Crippen LogP contribution in [0.4, 0.5) is 4.79 Å². The molecule has 0 saturated heterocycles. The maximum Gasteiger partial charge on any atom is 0.407 e. The number of rotatable bonds is 5. The van der Waals surface area contributed by atoms with Crippen LogP contribution >= 0.6 is 0 Å². The van der Waals surface area contributed by atoms with E-state index >= 15 is 0 Å². The van der Waals surface area contributed by atoms with E-state index < -0.39 is 5.60 Å². The van der Waals surface area contributed by atoms with Gasteiger partial charge in [0.1, 0.15) is 5.60 Å². The first-order chi connectivity index (χ1) is 8.27. The number of amides is 1. The van der Waals surface area contributed by atoms with Crippen molar-refractivity contribution in [3.8, 4) is 12.3 Å². The van der Waals surface area contributed by atoms with Crippen LogP contribution in [0.2, 0.25) is 0 Å². The monoisotopic (exact) mass is 252 g/mol. The number of ether oxygens (including phenoxy) is 1.